The molecular formula is C10H13ClO2. The highest BCUT2D eigenvalue weighted by molar-refractivity contribution is 6.31. The van der Waals surface area contributed by atoms with Crippen LogP contribution in [-0.4, -0.2) is 16.8 Å². The Kier molecular flexibility index (Phi) is 2.84. The standard InChI is InChI=1S/C10H13ClO2/c1-10(2,6-12)8-5-7(13)3-4-9(8)11/h3-5,12-13H,6H2,1-2H3. The molecule has 0 atom stereocenters. The number of aliphatic hydroxyl groups excluding tert-OH is 1. The second kappa shape index (κ2) is 3.56. The minimum Gasteiger partial charge on any atom is -0.508 e. The average Bonchev–Trinajstić information content (AvgIpc) is 2.09. The van der Waals surface area contributed by atoms with Gasteiger partial charge in [-0.3, -0.25) is 0 Å². The molecule has 72 valence electrons. The number of phenolic OH excluding ortho intramolecular Hbond substituents is 1. The summed E-state index contributed by atoms with van der Waals surface area (Å²) in [6.07, 6.45) is 0. The third-order valence-electron chi connectivity index (χ3n) is 2.07. The Morgan fingerprint density at radius 1 is 1.38 bits per heavy atom. The molecule has 2 N–H and O–H groups in total. The van der Waals surface area contributed by atoms with Crippen LogP contribution in [0.25, 0.3) is 0 Å². The van der Waals surface area contributed by atoms with Crippen molar-refractivity contribution in [2.45, 2.75) is 19.3 Å². The topological polar surface area (TPSA) is 40.5 Å². The first-order chi connectivity index (χ1) is 5.97. The largest absolute Gasteiger partial charge is 0.508 e. The molecule has 0 aliphatic carbocycles. The number of aromatic hydroxyl groups is 1. The Labute approximate surface area is 82.8 Å². The molecule has 0 aliphatic heterocycles. The lowest BCUT2D eigenvalue weighted by Gasteiger charge is -2.23. The van der Waals surface area contributed by atoms with Gasteiger partial charge in [0.05, 0.1) is 6.61 Å². The van der Waals surface area contributed by atoms with Gasteiger partial charge in [-0.05, 0) is 23.8 Å². The predicted molar refractivity (Wildman–Crippen MR) is 53.2 cm³/mol. The zero-order chi connectivity index (χ0) is 10.1. The van der Waals surface area contributed by atoms with Gasteiger partial charge in [0.1, 0.15) is 5.75 Å². The molecule has 0 amide bonds. The first kappa shape index (κ1) is 10.4. The summed E-state index contributed by atoms with van der Waals surface area (Å²) < 4.78 is 0. The van der Waals surface area contributed by atoms with Crippen molar-refractivity contribution in [3.8, 4) is 5.75 Å². The molecule has 0 fully saturated rings. The summed E-state index contributed by atoms with van der Waals surface area (Å²) in [5.74, 6) is 0.168. The van der Waals surface area contributed by atoms with Crippen LogP contribution >= 0.6 is 11.6 Å². The van der Waals surface area contributed by atoms with Crippen LogP contribution in [0.2, 0.25) is 5.02 Å². The lowest BCUT2D eigenvalue weighted by Crippen LogP contribution is -2.22. The Bertz CT molecular complexity index is 308. The monoisotopic (exact) mass is 200 g/mol. The number of rotatable bonds is 2. The fraction of sp³-hybridized carbons (Fsp3) is 0.400. The van der Waals surface area contributed by atoms with Crippen molar-refractivity contribution in [3.63, 3.8) is 0 Å². The van der Waals surface area contributed by atoms with Gasteiger partial charge in [-0.1, -0.05) is 25.4 Å². The molecule has 0 saturated carbocycles. The third kappa shape index (κ3) is 2.14. The van der Waals surface area contributed by atoms with E-state index >= 15 is 0 Å². The number of halogens is 1. The maximum Gasteiger partial charge on any atom is 0.115 e. The number of benzene rings is 1. The van der Waals surface area contributed by atoms with Crippen LogP contribution in [0.1, 0.15) is 19.4 Å². The number of hydrogen-bond acceptors (Lipinski definition) is 2. The maximum absolute atomic E-state index is 9.26. The Morgan fingerprint density at radius 2 is 2.00 bits per heavy atom. The summed E-state index contributed by atoms with van der Waals surface area (Å²) in [5, 5.41) is 18.9. The Morgan fingerprint density at radius 3 is 2.54 bits per heavy atom. The summed E-state index contributed by atoms with van der Waals surface area (Å²) >= 11 is 5.94. The fourth-order valence-electron chi connectivity index (χ4n) is 1.12. The van der Waals surface area contributed by atoms with Crippen molar-refractivity contribution in [3.05, 3.63) is 28.8 Å². The zero-order valence-corrected chi connectivity index (χ0v) is 8.47. The summed E-state index contributed by atoms with van der Waals surface area (Å²) in [6, 6.07) is 4.74. The second-order valence-corrected chi connectivity index (χ2v) is 4.11. The van der Waals surface area contributed by atoms with E-state index in [1.807, 2.05) is 13.8 Å². The van der Waals surface area contributed by atoms with Crippen molar-refractivity contribution in [1.82, 2.24) is 0 Å². The normalized spacial score (nSPS) is 11.7. The maximum atomic E-state index is 9.26. The molecule has 0 radical (unpaired) electrons. The van der Waals surface area contributed by atoms with E-state index in [2.05, 4.69) is 0 Å². The van der Waals surface area contributed by atoms with Crippen LogP contribution in [-0.2, 0) is 5.41 Å². The molecule has 1 rings (SSSR count). The van der Waals surface area contributed by atoms with E-state index in [0.717, 1.165) is 5.56 Å². The molecule has 0 heterocycles. The summed E-state index contributed by atoms with van der Waals surface area (Å²) in [4.78, 5) is 0. The Hall–Kier alpha value is -0.730. The van der Waals surface area contributed by atoms with E-state index in [0.29, 0.717) is 5.02 Å². The lowest BCUT2D eigenvalue weighted by molar-refractivity contribution is 0.218. The van der Waals surface area contributed by atoms with Crippen molar-refractivity contribution in [2.24, 2.45) is 0 Å². The molecule has 13 heavy (non-hydrogen) atoms. The van der Waals surface area contributed by atoms with Gasteiger partial charge in [-0.15, -0.1) is 0 Å². The van der Waals surface area contributed by atoms with Crippen LogP contribution < -0.4 is 0 Å². The van der Waals surface area contributed by atoms with Crippen LogP contribution in [0, 0.1) is 0 Å². The molecular weight excluding hydrogens is 188 g/mol. The van der Waals surface area contributed by atoms with Gasteiger partial charge in [0.2, 0.25) is 0 Å². The van der Waals surface area contributed by atoms with Crippen LogP contribution in [0.3, 0.4) is 0 Å². The minimum atomic E-state index is -0.421. The zero-order valence-electron chi connectivity index (χ0n) is 7.71. The molecule has 0 spiro atoms. The Balaban J connectivity index is 3.20. The second-order valence-electron chi connectivity index (χ2n) is 3.71. The predicted octanol–water partition coefficient (Wildman–Crippen LogP) is 2.32. The fourth-order valence-corrected chi connectivity index (χ4v) is 1.49. The van der Waals surface area contributed by atoms with E-state index in [-0.39, 0.29) is 12.4 Å². The smallest absolute Gasteiger partial charge is 0.115 e. The van der Waals surface area contributed by atoms with Crippen molar-refractivity contribution in [1.29, 1.82) is 0 Å². The quantitative estimate of drug-likeness (QED) is 0.769. The molecule has 0 unspecified atom stereocenters. The summed E-state index contributed by atoms with van der Waals surface area (Å²) in [6.45, 7) is 3.73. The third-order valence-corrected chi connectivity index (χ3v) is 2.40. The minimum absolute atomic E-state index is 0.00380. The van der Waals surface area contributed by atoms with E-state index in [1.54, 1.807) is 12.1 Å². The molecule has 0 bridgehead atoms. The molecule has 1 aromatic rings. The van der Waals surface area contributed by atoms with E-state index in [4.69, 9.17) is 16.7 Å². The highest BCUT2D eigenvalue weighted by atomic mass is 35.5. The molecule has 3 heteroatoms. The van der Waals surface area contributed by atoms with Gasteiger partial charge in [0.25, 0.3) is 0 Å². The molecule has 0 aliphatic rings. The highest BCUT2D eigenvalue weighted by Gasteiger charge is 2.22. The van der Waals surface area contributed by atoms with Gasteiger partial charge >= 0.3 is 0 Å². The average molecular weight is 201 g/mol. The first-order valence-electron chi connectivity index (χ1n) is 4.07. The van der Waals surface area contributed by atoms with Crippen LogP contribution in [0.5, 0.6) is 5.75 Å². The number of phenols is 1. The molecule has 1 aromatic carbocycles. The lowest BCUT2D eigenvalue weighted by atomic mass is 9.85. The van der Waals surface area contributed by atoms with Gasteiger partial charge in [-0.2, -0.15) is 0 Å². The van der Waals surface area contributed by atoms with Crippen molar-refractivity contribution in [2.75, 3.05) is 6.61 Å². The van der Waals surface area contributed by atoms with Crippen molar-refractivity contribution < 1.29 is 10.2 Å². The van der Waals surface area contributed by atoms with Gasteiger partial charge < -0.3 is 10.2 Å². The first-order valence-corrected chi connectivity index (χ1v) is 4.45. The molecule has 2 nitrogen and oxygen atoms in total. The van der Waals surface area contributed by atoms with Crippen LogP contribution in [0.15, 0.2) is 18.2 Å². The van der Waals surface area contributed by atoms with E-state index in [9.17, 15) is 5.11 Å². The summed E-state index contributed by atoms with van der Waals surface area (Å²) in [7, 11) is 0. The summed E-state index contributed by atoms with van der Waals surface area (Å²) in [5.41, 5.74) is 0.340. The number of hydrogen-bond donors (Lipinski definition) is 2. The van der Waals surface area contributed by atoms with Gasteiger partial charge in [-0.25, -0.2) is 0 Å². The molecule has 0 saturated heterocycles. The van der Waals surface area contributed by atoms with Crippen molar-refractivity contribution >= 4 is 11.6 Å². The van der Waals surface area contributed by atoms with Crippen LogP contribution in [0.4, 0.5) is 0 Å². The highest BCUT2D eigenvalue weighted by Crippen LogP contribution is 2.31. The number of aliphatic hydroxyl groups is 1. The SMILES string of the molecule is CC(C)(CO)c1cc(O)ccc1Cl. The van der Waals surface area contributed by atoms with E-state index < -0.39 is 5.41 Å². The van der Waals surface area contributed by atoms with Gasteiger partial charge in [0, 0.05) is 10.4 Å². The molecule has 0 aromatic heterocycles. The van der Waals surface area contributed by atoms with Gasteiger partial charge in [0.15, 0.2) is 0 Å². The van der Waals surface area contributed by atoms with E-state index in [1.165, 1.54) is 6.07 Å².